The van der Waals surface area contributed by atoms with Crippen LogP contribution in [0.15, 0.2) is 33.9 Å². The van der Waals surface area contributed by atoms with Gasteiger partial charge in [0, 0.05) is 16.3 Å². The molecule has 1 N–H and O–H groups in total. The topological polar surface area (TPSA) is 69.0 Å². The fraction of sp³-hybridized carbons (Fsp3) is 0.471. The molecular formula is C17H22N4O2S2. The minimum absolute atomic E-state index is 0.309. The van der Waals surface area contributed by atoms with Crippen LogP contribution in [0.5, 0.6) is 0 Å². The Hall–Kier alpha value is -1.80. The molecular weight excluding hydrogens is 356 g/mol. The number of carbonyl (C=O) groups excluding carboxylic acids is 1. The van der Waals surface area contributed by atoms with Crippen molar-refractivity contribution in [2.75, 3.05) is 17.7 Å². The van der Waals surface area contributed by atoms with E-state index in [0.717, 1.165) is 21.5 Å². The van der Waals surface area contributed by atoms with Gasteiger partial charge in [0.25, 0.3) is 0 Å². The summed E-state index contributed by atoms with van der Waals surface area (Å²) in [5.41, 5.74) is 1.35. The standard InChI is InChI=1S/C17H22N4O2S2/c1-5-23-15(22)13-11(4)18-16-19-17(25-9-10(2)3)20-21(16)14(13)12-7-6-8-24-12/h6-8,10,14H,5,9H2,1-4H3,(H,18,19,20)/t14-/m1/s1. The molecule has 3 heterocycles. The Morgan fingerprint density at radius 2 is 2.32 bits per heavy atom. The summed E-state index contributed by atoms with van der Waals surface area (Å²) in [6.45, 7) is 8.37. The third-order valence-electron chi connectivity index (χ3n) is 3.69. The Labute approximate surface area is 155 Å². The molecule has 2 aromatic rings. The first kappa shape index (κ1) is 18.0. The van der Waals surface area contributed by atoms with Gasteiger partial charge in [-0.1, -0.05) is 31.7 Å². The summed E-state index contributed by atoms with van der Waals surface area (Å²) < 4.78 is 7.08. The van der Waals surface area contributed by atoms with Gasteiger partial charge in [-0.2, -0.15) is 4.98 Å². The van der Waals surface area contributed by atoms with Crippen molar-refractivity contribution in [1.29, 1.82) is 0 Å². The van der Waals surface area contributed by atoms with E-state index in [1.807, 2.05) is 31.4 Å². The van der Waals surface area contributed by atoms with Gasteiger partial charge in [-0.3, -0.25) is 0 Å². The number of anilines is 1. The lowest BCUT2D eigenvalue weighted by molar-refractivity contribution is -0.139. The number of aromatic nitrogens is 3. The summed E-state index contributed by atoms with van der Waals surface area (Å²) in [6.07, 6.45) is 0. The van der Waals surface area contributed by atoms with Crippen molar-refractivity contribution in [3.05, 3.63) is 33.7 Å². The lowest BCUT2D eigenvalue weighted by Gasteiger charge is -2.26. The predicted octanol–water partition coefficient (Wildman–Crippen LogP) is 3.94. The zero-order valence-electron chi connectivity index (χ0n) is 14.8. The van der Waals surface area contributed by atoms with Gasteiger partial charge in [-0.05, 0) is 31.2 Å². The molecule has 0 radical (unpaired) electrons. The van der Waals surface area contributed by atoms with E-state index in [1.54, 1.807) is 27.8 Å². The summed E-state index contributed by atoms with van der Waals surface area (Å²) in [4.78, 5) is 18.2. The van der Waals surface area contributed by atoms with Gasteiger partial charge >= 0.3 is 5.97 Å². The number of thioether (sulfide) groups is 1. The molecule has 0 fully saturated rings. The average Bonchev–Trinajstić information content (AvgIpc) is 3.21. The molecule has 25 heavy (non-hydrogen) atoms. The summed E-state index contributed by atoms with van der Waals surface area (Å²) in [6, 6.07) is 3.68. The average molecular weight is 379 g/mol. The predicted molar refractivity (Wildman–Crippen MR) is 101 cm³/mol. The molecule has 0 saturated carbocycles. The molecule has 0 saturated heterocycles. The van der Waals surface area contributed by atoms with Gasteiger partial charge in [0.05, 0.1) is 12.2 Å². The highest BCUT2D eigenvalue weighted by molar-refractivity contribution is 7.99. The first-order valence-corrected chi connectivity index (χ1v) is 10.2. The Morgan fingerprint density at radius 1 is 1.52 bits per heavy atom. The maximum atomic E-state index is 12.6. The molecule has 3 rings (SSSR count). The van der Waals surface area contributed by atoms with Crippen LogP contribution in [0, 0.1) is 5.92 Å². The van der Waals surface area contributed by atoms with Crippen molar-refractivity contribution >= 4 is 35.0 Å². The summed E-state index contributed by atoms with van der Waals surface area (Å²) in [5.74, 6) is 1.85. The third-order valence-corrected chi connectivity index (χ3v) is 5.88. The van der Waals surface area contributed by atoms with Crippen molar-refractivity contribution in [3.63, 3.8) is 0 Å². The van der Waals surface area contributed by atoms with Crippen LogP contribution in [-0.2, 0) is 9.53 Å². The number of carbonyl (C=O) groups is 1. The molecule has 1 aliphatic rings. The van der Waals surface area contributed by atoms with E-state index in [-0.39, 0.29) is 12.0 Å². The van der Waals surface area contributed by atoms with Crippen LogP contribution in [0.25, 0.3) is 0 Å². The van der Waals surface area contributed by atoms with Crippen LogP contribution in [0.1, 0.15) is 38.6 Å². The second-order valence-corrected chi connectivity index (χ2v) is 8.14. The van der Waals surface area contributed by atoms with Crippen molar-refractivity contribution in [2.45, 2.75) is 38.9 Å². The van der Waals surface area contributed by atoms with E-state index in [1.165, 1.54) is 0 Å². The highest BCUT2D eigenvalue weighted by Crippen LogP contribution is 2.38. The van der Waals surface area contributed by atoms with Crippen LogP contribution in [0.2, 0.25) is 0 Å². The van der Waals surface area contributed by atoms with Gasteiger partial charge in [0.2, 0.25) is 11.1 Å². The quantitative estimate of drug-likeness (QED) is 0.606. The molecule has 0 aromatic carbocycles. The normalized spacial score (nSPS) is 16.8. The number of ether oxygens (including phenoxy) is 1. The first-order valence-electron chi connectivity index (χ1n) is 8.28. The molecule has 0 bridgehead atoms. The number of nitrogens with one attached hydrogen (secondary N) is 1. The van der Waals surface area contributed by atoms with Gasteiger partial charge in [-0.25, -0.2) is 9.48 Å². The fourth-order valence-electron chi connectivity index (χ4n) is 2.62. The minimum Gasteiger partial charge on any atom is -0.463 e. The monoisotopic (exact) mass is 378 g/mol. The van der Waals surface area contributed by atoms with E-state index in [9.17, 15) is 4.79 Å². The smallest absolute Gasteiger partial charge is 0.338 e. The molecule has 0 spiro atoms. The van der Waals surface area contributed by atoms with Gasteiger partial charge in [0.15, 0.2) is 0 Å². The number of thiophene rings is 1. The van der Waals surface area contributed by atoms with E-state index in [4.69, 9.17) is 4.74 Å². The number of fused-ring (bicyclic) bond motifs is 1. The molecule has 8 heteroatoms. The van der Waals surface area contributed by atoms with Crippen LogP contribution in [-0.4, -0.2) is 33.1 Å². The highest BCUT2D eigenvalue weighted by atomic mass is 32.2. The van der Waals surface area contributed by atoms with Gasteiger partial charge < -0.3 is 10.1 Å². The fourth-order valence-corrected chi connectivity index (χ4v) is 4.21. The molecule has 0 unspecified atom stereocenters. The van der Waals surface area contributed by atoms with E-state index >= 15 is 0 Å². The molecule has 1 atom stereocenters. The second-order valence-electron chi connectivity index (χ2n) is 6.17. The summed E-state index contributed by atoms with van der Waals surface area (Å²) in [7, 11) is 0. The first-order chi connectivity index (χ1) is 12.0. The number of nitrogens with zero attached hydrogens (tertiary/aromatic N) is 3. The molecule has 1 aliphatic heterocycles. The Balaban J connectivity index is 2.01. The number of allylic oxidation sites excluding steroid dienone is 1. The van der Waals surface area contributed by atoms with Gasteiger partial charge in [0.1, 0.15) is 6.04 Å². The van der Waals surface area contributed by atoms with Crippen molar-refractivity contribution in [2.24, 2.45) is 5.92 Å². The van der Waals surface area contributed by atoms with E-state index < -0.39 is 0 Å². The highest BCUT2D eigenvalue weighted by Gasteiger charge is 2.35. The number of rotatable bonds is 6. The lowest BCUT2D eigenvalue weighted by atomic mass is 10.0. The van der Waals surface area contributed by atoms with Crippen LogP contribution in [0.4, 0.5) is 5.95 Å². The Morgan fingerprint density at radius 3 is 2.96 bits per heavy atom. The lowest BCUT2D eigenvalue weighted by Crippen LogP contribution is -2.29. The zero-order chi connectivity index (χ0) is 18.0. The zero-order valence-corrected chi connectivity index (χ0v) is 16.4. The van der Waals surface area contributed by atoms with Crippen LogP contribution in [0.3, 0.4) is 0 Å². The summed E-state index contributed by atoms with van der Waals surface area (Å²) >= 11 is 3.22. The molecule has 0 amide bonds. The van der Waals surface area contributed by atoms with E-state index in [2.05, 4.69) is 29.2 Å². The Kier molecular flexibility index (Phi) is 5.48. The van der Waals surface area contributed by atoms with Crippen molar-refractivity contribution in [1.82, 2.24) is 14.8 Å². The maximum absolute atomic E-state index is 12.6. The van der Waals surface area contributed by atoms with Crippen LogP contribution < -0.4 is 5.32 Å². The number of esters is 1. The molecule has 134 valence electrons. The molecule has 0 aliphatic carbocycles. The molecule has 2 aromatic heterocycles. The second kappa shape index (κ2) is 7.61. The van der Waals surface area contributed by atoms with Crippen LogP contribution >= 0.6 is 23.1 Å². The van der Waals surface area contributed by atoms with E-state index in [0.29, 0.717) is 24.0 Å². The minimum atomic E-state index is -0.316. The van der Waals surface area contributed by atoms with Crippen molar-refractivity contribution < 1.29 is 9.53 Å². The van der Waals surface area contributed by atoms with Crippen molar-refractivity contribution in [3.8, 4) is 0 Å². The number of hydrogen-bond donors (Lipinski definition) is 1. The maximum Gasteiger partial charge on any atom is 0.338 e. The van der Waals surface area contributed by atoms with Gasteiger partial charge in [-0.15, -0.1) is 16.4 Å². The third kappa shape index (κ3) is 3.74. The number of hydrogen-bond acceptors (Lipinski definition) is 7. The largest absolute Gasteiger partial charge is 0.463 e. The Bertz CT molecular complexity index is 781. The molecule has 6 nitrogen and oxygen atoms in total. The summed E-state index contributed by atoms with van der Waals surface area (Å²) in [5, 5.41) is 10.6. The SMILES string of the molecule is CCOC(=O)C1=C(C)Nc2nc(SCC(C)C)nn2[C@@H]1c1cccs1.